The average molecular weight is 458 g/mol. The minimum absolute atomic E-state index is 0.107. The minimum Gasteiger partial charge on any atom is -0.493 e. The van der Waals surface area contributed by atoms with Crippen molar-refractivity contribution in [2.45, 2.75) is 19.0 Å². The number of thioether (sulfide) groups is 1. The molecular weight excluding hydrogens is 434 g/mol. The van der Waals surface area contributed by atoms with Gasteiger partial charge in [0, 0.05) is 24.7 Å². The Kier molecular flexibility index (Phi) is 7.66. The van der Waals surface area contributed by atoms with Gasteiger partial charge in [0.1, 0.15) is 5.75 Å². The lowest BCUT2D eigenvalue weighted by molar-refractivity contribution is -0.385. The molecule has 0 aliphatic heterocycles. The normalized spacial score (nSPS) is 11.1. The maximum Gasteiger partial charge on any atom is 0.311 e. The zero-order chi connectivity index (χ0) is 23.1. The molecule has 2 aromatic carbocycles. The number of aryl methyl sites for hydroxylation is 1. The number of nitrogens with zero attached hydrogens (tertiary/aromatic N) is 4. The number of benzene rings is 2. The number of hydrazone groups is 1. The lowest BCUT2D eigenvalue weighted by Crippen LogP contribution is -2.20. The highest BCUT2D eigenvalue weighted by molar-refractivity contribution is 7.99. The molecule has 0 bridgehead atoms. The lowest BCUT2D eigenvalue weighted by atomic mass is 10.1. The van der Waals surface area contributed by atoms with E-state index in [0.717, 1.165) is 11.0 Å². The van der Waals surface area contributed by atoms with E-state index in [4.69, 9.17) is 9.47 Å². The second-order valence-electron chi connectivity index (χ2n) is 6.50. The van der Waals surface area contributed by atoms with Gasteiger partial charge < -0.3 is 14.0 Å². The van der Waals surface area contributed by atoms with Gasteiger partial charge in [-0.3, -0.25) is 14.9 Å². The number of nitro benzene ring substituents is 1. The summed E-state index contributed by atoms with van der Waals surface area (Å²) < 4.78 is 12.8. The molecule has 168 valence electrons. The van der Waals surface area contributed by atoms with Crippen LogP contribution in [-0.2, 0) is 11.8 Å². The van der Waals surface area contributed by atoms with Crippen LogP contribution in [0.5, 0.6) is 11.5 Å². The molecule has 1 aromatic heterocycles. The van der Waals surface area contributed by atoms with Gasteiger partial charge in [-0.15, -0.1) is 0 Å². The molecule has 3 rings (SSSR count). The summed E-state index contributed by atoms with van der Waals surface area (Å²) in [5, 5.41) is 16.0. The van der Waals surface area contributed by atoms with Crippen LogP contribution in [0.4, 0.5) is 5.69 Å². The Balaban J connectivity index is 1.68. The maximum absolute atomic E-state index is 12.2. The smallest absolute Gasteiger partial charge is 0.311 e. The van der Waals surface area contributed by atoms with Gasteiger partial charge in [-0.2, -0.15) is 5.10 Å². The molecule has 1 amide bonds. The summed E-state index contributed by atoms with van der Waals surface area (Å²) >= 11 is 1.29. The number of carbonyl (C=O) groups excluding carboxylic acids is 1. The molecule has 32 heavy (non-hydrogen) atoms. The van der Waals surface area contributed by atoms with Crippen LogP contribution in [-0.4, -0.2) is 45.6 Å². The van der Waals surface area contributed by atoms with Crippen molar-refractivity contribution in [2.75, 3.05) is 19.0 Å². The molecule has 1 N–H and O–H groups in total. The highest BCUT2D eigenvalue weighted by Crippen LogP contribution is 2.34. The number of hydrogen-bond acceptors (Lipinski definition) is 8. The Morgan fingerprint density at radius 2 is 1.97 bits per heavy atom. The number of carbonyl (C=O) groups is 1. The first-order valence-electron chi connectivity index (χ1n) is 9.88. The molecule has 0 unspecified atom stereocenters. The summed E-state index contributed by atoms with van der Waals surface area (Å²) in [6, 6.07) is 10.5. The number of nitro groups is 1. The molecule has 1 heterocycles. The van der Waals surface area contributed by atoms with Crippen LogP contribution in [0.1, 0.15) is 19.4 Å². The van der Waals surface area contributed by atoms with E-state index in [9.17, 15) is 14.9 Å². The number of nitrogens with one attached hydrogen (secondary N) is 1. The van der Waals surface area contributed by atoms with E-state index < -0.39 is 4.92 Å². The molecule has 0 fully saturated rings. The fraction of sp³-hybridized carbons (Fsp3) is 0.286. The van der Waals surface area contributed by atoms with Gasteiger partial charge >= 0.3 is 5.69 Å². The Hall–Kier alpha value is -3.60. The van der Waals surface area contributed by atoms with Crippen molar-refractivity contribution in [3.63, 3.8) is 0 Å². The number of ether oxygens (including phenoxy) is 2. The van der Waals surface area contributed by atoms with Gasteiger partial charge in [0.25, 0.3) is 5.91 Å². The van der Waals surface area contributed by atoms with Crippen molar-refractivity contribution < 1.29 is 19.2 Å². The van der Waals surface area contributed by atoms with Crippen molar-refractivity contribution in [3.8, 4) is 11.5 Å². The van der Waals surface area contributed by atoms with Crippen LogP contribution >= 0.6 is 11.8 Å². The quantitative estimate of drug-likeness (QED) is 0.214. The van der Waals surface area contributed by atoms with E-state index in [-0.39, 0.29) is 29.7 Å². The van der Waals surface area contributed by atoms with Crippen LogP contribution in [0.25, 0.3) is 11.0 Å². The third kappa shape index (κ3) is 5.35. The van der Waals surface area contributed by atoms with E-state index in [0.29, 0.717) is 23.1 Å². The van der Waals surface area contributed by atoms with Crippen LogP contribution in [0, 0.1) is 10.1 Å². The third-order valence-electron chi connectivity index (χ3n) is 4.36. The zero-order valence-corrected chi connectivity index (χ0v) is 18.7. The van der Waals surface area contributed by atoms with E-state index in [1.807, 2.05) is 35.9 Å². The molecular formula is C21H23N5O5S. The molecule has 11 heteroatoms. The first-order valence-corrected chi connectivity index (χ1v) is 10.9. The molecule has 0 saturated carbocycles. The molecule has 0 spiro atoms. The first-order chi connectivity index (χ1) is 15.4. The number of fused-ring (bicyclic) bond motifs is 1. The molecule has 3 aromatic rings. The van der Waals surface area contributed by atoms with Gasteiger partial charge in [-0.05, 0) is 26.0 Å². The highest BCUT2D eigenvalue weighted by Gasteiger charge is 2.19. The van der Waals surface area contributed by atoms with Crippen molar-refractivity contribution in [1.82, 2.24) is 15.0 Å². The summed E-state index contributed by atoms with van der Waals surface area (Å²) in [5.74, 6) is 0.252. The zero-order valence-electron chi connectivity index (χ0n) is 17.9. The number of hydrogen-bond donors (Lipinski definition) is 1. The van der Waals surface area contributed by atoms with Crippen molar-refractivity contribution in [3.05, 3.63) is 52.1 Å². The highest BCUT2D eigenvalue weighted by atomic mass is 32.2. The molecule has 0 radical (unpaired) electrons. The van der Waals surface area contributed by atoms with Gasteiger partial charge in [-0.25, -0.2) is 10.4 Å². The van der Waals surface area contributed by atoms with Gasteiger partial charge in [0.15, 0.2) is 5.16 Å². The predicted octanol–water partition coefficient (Wildman–Crippen LogP) is 3.52. The molecule has 0 atom stereocenters. The Labute approximate surface area is 188 Å². The summed E-state index contributed by atoms with van der Waals surface area (Å²) in [7, 11) is 1.89. The topological polar surface area (TPSA) is 121 Å². The lowest BCUT2D eigenvalue weighted by Gasteiger charge is -2.10. The van der Waals surface area contributed by atoms with E-state index in [1.54, 1.807) is 13.8 Å². The number of rotatable bonds is 10. The molecule has 0 aliphatic rings. The number of aromatic nitrogens is 2. The standard InChI is InChI=1S/C21H23N5O5S/c1-4-30-18-11-19(31-5-2)17(26(28)29)10-14(18)12-22-24-20(27)13-32-21-23-15-8-6-7-9-16(15)25(21)3/h6-12H,4-5,13H2,1-3H3,(H,24,27)/b22-12-. The predicted molar refractivity (Wildman–Crippen MR) is 123 cm³/mol. The number of imidazole rings is 1. The SMILES string of the molecule is CCOc1cc(OCC)c([N+](=O)[O-])cc1/C=N\NC(=O)CSc1nc2ccccc2n1C. The van der Waals surface area contributed by atoms with E-state index >= 15 is 0 Å². The number of amides is 1. The first kappa shape index (κ1) is 23.1. The van der Waals surface area contributed by atoms with E-state index in [2.05, 4.69) is 15.5 Å². The Morgan fingerprint density at radius 3 is 2.66 bits per heavy atom. The second-order valence-corrected chi connectivity index (χ2v) is 7.45. The molecule has 0 aliphatic carbocycles. The third-order valence-corrected chi connectivity index (χ3v) is 5.39. The summed E-state index contributed by atoms with van der Waals surface area (Å²) in [6.45, 7) is 4.16. The maximum atomic E-state index is 12.2. The fourth-order valence-electron chi connectivity index (χ4n) is 2.95. The Bertz CT molecular complexity index is 1160. The fourth-order valence-corrected chi connectivity index (χ4v) is 3.73. The summed E-state index contributed by atoms with van der Waals surface area (Å²) in [4.78, 5) is 27.6. The largest absolute Gasteiger partial charge is 0.493 e. The van der Waals surface area contributed by atoms with Crippen LogP contribution in [0.2, 0.25) is 0 Å². The van der Waals surface area contributed by atoms with Gasteiger partial charge in [0.05, 0.1) is 41.1 Å². The van der Waals surface area contributed by atoms with Crippen LogP contribution in [0.3, 0.4) is 0 Å². The average Bonchev–Trinajstić information content (AvgIpc) is 3.09. The van der Waals surface area contributed by atoms with Crippen LogP contribution < -0.4 is 14.9 Å². The van der Waals surface area contributed by atoms with Crippen molar-refractivity contribution in [2.24, 2.45) is 12.1 Å². The van der Waals surface area contributed by atoms with Gasteiger partial charge in [0.2, 0.25) is 5.75 Å². The monoisotopic (exact) mass is 457 g/mol. The van der Waals surface area contributed by atoms with Crippen molar-refractivity contribution >= 4 is 40.6 Å². The minimum atomic E-state index is -0.538. The Morgan fingerprint density at radius 1 is 1.25 bits per heavy atom. The van der Waals surface area contributed by atoms with Gasteiger partial charge in [-0.1, -0.05) is 23.9 Å². The summed E-state index contributed by atoms with van der Waals surface area (Å²) in [5.41, 5.74) is 4.41. The summed E-state index contributed by atoms with van der Waals surface area (Å²) in [6.07, 6.45) is 1.31. The molecule has 0 saturated heterocycles. The van der Waals surface area contributed by atoms with Crippen molar-refractivity contribution in [1.29, 1.82) is 0 Å². The molecule has 10 nitrogen and oxygen atoms in total. The van der Waals surface area contributed by atoms with Crippen LogP contribution in [0.15, 0.2) is 46.7 Å². The van der Waals surface area contributed by atoms with E-state index in [1.165, 1.54) is 30.1 Å². The second kappa shape index (κ2) is 10.6. The number of para-hydroxylation sites is 2.